The molecule has 0 bridgehead atoms. The summed E-state index contributed by atoms with van der Waals surface area (Å²) in [5.41, 5.74) is 2.24. The lowest BCUT2D eigenvalue weighted by Gasteiger charge is -2.04. The first-order valence-electron chi connectivity index (χ1n) is 8.32. The predicted octanol–water partition coefficient (Wildman–Crippen LogP) is 7.54. The van der Waals surface area contributed by atoms with Crippen molar-refractivity contribution in [1.82, 2.24) is 0 Å². The second-order valence-corrected chi connectivity index (χ2v) is 2.86. The van der Waals surface area contributed by atoms with E-state index < -0.39 is 0 Å². The third-order valence-electron chi connectivity index (χ3n) is 1.84. The molecule has 0 heterocycles. The van der Waals surface area contributed by atoms with Gasteiger partial charge < -0.3 is 5.32 Å². The molecule has 0 saturated carbocycles. The summed E-state index contributed by atoms with van der Waals surface area (Å²) in [4.78, 5) is 0. The zero-order valence-corrected chi connectivity index (χ0v) is 15.3. The van der Waals surface area contributed by atoms with Gasteiger partial charge in [-0.05, 0) is 24.3 Å². The summed E-state index contributed by atoms with van der Waals surface area (Å²) in [7, 11) is 0. The second-order valence-electron chi connectivity index (χ2n) is 2.86. The van der Waals surface area contributed by atoms with Gasteiger partial charge in [-0.2, -0.15) is 0 Å². The standard InChI is InChI=1S/C12H11N.4C2H6/c1-3-7-11(8-4-1)13-12-9-5-2-6-10-12;4*1-2/h1-10,13H;4*1-2H3. The van der Waals surface area contributed by atoms with Gasteiger partial charge in [0.15, 0.2) is 0 Å². The summed E-state index contributed by atoms with van der Waals surface area (Å²) >= 11 is 0. The fourth-order valence-corrected chi connectivity index (χ4v) is 1.21. The van der Waals surface area contributed by atoms with Gasteiger partial charge in [0.1, 0.15) is 0 Å². The Labute approximate surface area is 133 Å². The molecule has 2 aromatic rings. The summed E-state index contributed by atoms with van der Waals surface area (Å²) in [5, 5.41) is 3.30. The minimum absolute atomic E-state index is 1.12. The summed E-state index contributed by atoms with van der Waals surface area (Å²) in [6, 6.07) is 20.3. The third-order valence-corrected chi connectivity index (χ3v) is 1.84. The van der Waals surface area contributed by atoms with E-state index in [1.165, 1.54) is 0 Å². The Bertz CT molecular complexity index is 317. The van der Waals surface area contributed by atoms with Gasteiger partial charge in [0.2, 0.25) is 0 Å². The van der Waals surface area contributed by atoms with Crippen molar-refractivity contribution in [3.05, 3.63) is 60.7 Å². The molecule has 0 amide bonds. The van der Waals surface area contributed by atoms with Crippen molar-refractivity contribution < 1.29 is 0 Å². The molecular formula is C20H35N. The molecular weight excluding hydrogens is 254 g/mol. The summed E-state index contributed by atoms with van der Waals surface area (Å²) in [5.74, 6) is 0. The Hall–Kier alpha value is -1.76. The molecule has 2 aromatic carbocycles. The van der Waals surface area contributed by atoms with Gasteiger partial charge in [0.25, 0.3) is 0 Å². The number of rotatable bonds is 2. The van der Waals surface area contributed by atoms with Crippen LogP contribution in [0.25, 0.3) is 0 Å². The molecule has 0 aliphatic rings. The van der Waals surface area contributed by atoms with Crippen LogP contribution < -0.4 is 5.32 Å². The molecule has 0 aliphatic carbocycles. The lowest BCUT2D eigenvalue weighted by molar-refractivity contribution is 1.50. The SMILES string of the molecule is CC.CC.CC.CC.c1ccc(Nc2ccccc2)cc1. The fraction of sp³-hybridized carbons (Fsp3) is 0.400. The number of nitrogens with one attached hydrogen (secondary N) is 1. The predicted molar refractivity (Wildman–Crippen MR) is 102 cm³/mol. The Morgan fingerprint density at radius 3 is 0.905 bits per heavy atom. The first-order valence-corrected chi connectivity index (χ1v) is 8.32. The lowest BCUT2D eigenvalue weighted by atomic mass is 10.3. The number of para-hydroxylation sites is 2. The average Bonchev–Trinajstić information content (AvgIpc) is 2.64. The van der Waals surface area contributed by atoms with Crippen molar-refractivity contribution in [2.45, 2.75) is 55.4 Å². The van der Waals surface area contributed by atoms with Crippen molar-refractivity contribution in [3.63, 3.8) is 0 Å². The van der Waals surface area contributed by atoms with Crippen molar-refractivity contribution in [1.29, 1.82) is 0 Å². The van der Waals surface area contributed by atoms with E-state index in [2.05, 4.69) is 5.32 Å². The quantitative estimate of drug-likeness (QED) is 0.602. The van der Waals surface area contributed by atoms with E-state index in [0.29, 0.717) is 0 Å². The second kappa shape index (κ2) is 23.3. The molecule has 0 saturated heterocycles. The van der Waals surface area contributed by atoms with Crippen LogP contribution in [0.2, 0.25) is 0 Å². The summed E-state index contributed by atoms with van der Waals surface area (Å²) in [6.07, 6.45) is 0. The largest absolute Gasteiger partial charge is 0.356 e. The van der Waals surface area contributed by atoms with Crippen LogP contribution in [0.1, 0.15) is 55.4 Å². The van der Waals surface area contributed by atoms with Crippen LogP contribution in [-0.4, -0.2) is 0 Å². The Morgan fingerprint density at radius 1 is 0.429 bits per heavy atom. The average molecular weight is 290 g/mol. The third kappa shape index (κ3) is 14.5. The number of hydrogen-bond donors (Lipinski definition) is 1. The normalized spacial score (nSPS) is 7.05. The zero-order chi connectivity index (χ0) is 16.9. The van der Waals surface area contributed by atoms with Crippen LogP contribution in [0, 0.1) is 0 Å². The molecule has 21 heavy (non-hydrogen) atoms. The van der Waals surface area contributed by atoms with E-state index in [1.54, 1.807) is 0 Å². The van der Waals surface area contributed by atoms with E-state index in [4.69, 9.17) is 0 Å². The molecule has 0 radical (unpaired) electrons. The van der Waals surface area contributed by atoms with E-state index in [-0.39, 0.29) is 0 Å². The minimum Gasteiger partial charge on any atom is -0.356 e. The molecule has 1 heteroatoms. The van der Waals surface area contributed by atoms with Crippen molar-refractivity contribution in [2.24, 2.45) is 0 Å². The molecule has 0 fully saturated rings. The van der Waals surface area contributed by atoms with Gasteiger partial charge in [-0.3, -0.25) is 0 Å². The molecule has 0 atom stereocenters. The van der Waals surface area contributed by atoms with Gasteiger partial charge in [-0.25, -0.2) is 0 Å². The van der Waals surface area contributed by atoms with E-state index in [0.717, 1.165) is 11.4 Å². The number of anilines is 2. The number of benzene rings is 2. The minimum atomic E-state index is 1.12. The Balaban J connectivity index is -0.000000353. The highest BCUT2D eigenvalue weighted by atomic mass is 14.9. The molecule has 2 rings (SSSR count). The lowest BCUT2D eigenvalue weighted by Crippen LogP contribution is -1.87. The fourth-order valence-electron chi connectivity index (χ4n) is 1.21. The Kier molecular flexibility index (Phi) is 27.0. The summed E-state index contributed by atoms with van der Waals surface area (Å²) < 4.78 is 0. The highest BCUT2D eigenvalue weighted by Gasteiger charge is 1.89. The first-order chi connectivity index (χ1) is 10.4. The maximum Gasteiger partial charge on any atom is 0.0384 e. The van der Waals surface area contributed by atoms with Gasteiger partial charge >= 0.3 is 0 Å². The molecule has 120 valence electrons. The van der Waals surface area contributed by atoms with Gasteiger partial charge in [-0.15, -0.1) is 0 Å². The molecule has 0 unspecified atom stereocenters. The van der Waals surface area contributed by atoms with Crippen molar-refractivity contribution in [2.75, 3.05) is 5.32 Å². The van der Waals surface area contributed by atoms with Crippen LogP contribution in [-0.2, 0) is 0 Å². The molecule has 1 nitrogen and oxygen atoms in total. The van der Waals surface area contributed by atoms with E-state index in [1.807, 2.05) is 116 Å². The van der Waals surface area contributed by atoms with E-state index >= 15 is 0 Å². The zero-order valence-electron chi connectivity index (χ0n) is 15.3. The highest BCUT2D eigenvalue weighted by molar-refractivity contribution is 5.58. The maximum absolute atomic E-state index is 3.30. The molecule has 0 aliphatic heterocycles. The molecule has 0 aromatic heterocycles. The maximum atomic E-state index is 3.30. The summed E-state index contributed by atoms with van der Waals surface area (Å²) in [6.45, 7) is 16.0. The van der Waals surface area contributed by atoms with Gasteiger partial charge in [-0.1, -0.05) is 91.8 Å². The highest BCUT2D eigenvalue weighted by Crippen LogP contribution is 2.14. The van der Waals surface area contributed by atoms with Crippen molar-refractivity contribution in [3.8, 4) is 0 Å². The van der Waals surface area contributed by atoms with E-state index in [9.17, 15) is 0 Å². The number of hydrogen-bond acceptors (Lipinski definition) is 1. The molecule has 0 spiro atoms. The smallest absolute Gasteiger partial charge is 0.0384 e. The van der Waals surface area contributed by atoms with Crippen LogP contribution in [0.15, 0.2) is 60.7 Å². The van der Waals surface area contributed by atoms with Crippen molar-refractivity contribution >= 4 is 11.4 Å². The Morgan fingerprint density at radius 2 is 0.667 bits per heavy atom. The van der Waals surface area contributed by atoms with Gasteiger partial charge in [0, 0.05) is 11.4 Å². The first kappa shape index (κ1) is 24.3. The van der Waals surface area contributed by atoms with Crippen LogP contribution in [0.4, 0.5) is 11.4 Å². The molecule has 1 N–H and O–H groups in total. The van der Waals surface area contributed by atoms with Gasteiger partial charge in [0.05, 0.1) is 0 Å². The van der Waals surface area contributed by atoms with Crippen LogP contribution >= 0.6 is 0 Å². The van der Waals surface area contributed by atoms with Crippen LogP contribution in [0.3, 0.4) is 0 Å². The van der Waals surface area contributed by atoms with Crippen LogP contribution in [0.5, 0.6) is 0 Å². The topological polar surface area (TPSA) is 12.0 Å². The monoisotopic (exact) mass is 289 g/mol.